The second-order valence-corrected chi connectivity index (χ2v) is 10.8. The third-order valence-corrected chi connectivity index (χ3v) is 8.12. The molecule has 4 rings (SSSR count). The highest BCUT2D eigenvalue weighted by Crippen LogP contribution is 2.25. The maximum absolute atomic E-state index is 13.1. The van der Waals surface area contributed by atoms with Crippen LogP contribution in [0.25, 0.3) is 10.9 Å². The van der Waals surface area contributed by atoms with Crippen molar-refractivity contribution in [1.29, 1.82) is 5.41 Å². The van der Waals surface area contributed by atoms with Gasteiger partial charge < -0.3 is 15.6 Å². The number of hydrogen-bond acceptors (Lipinski definition) is 4. The minimum Gasteiger partial charge on any atom is -0.384 e. The van der Waals surface area contributed by atoms with Gasteiger partial charge in [-0.05, 0) is 43.0 Å². The largest absolute Gasteiger partial charge is 0.384 e. The number of aromatic nitrogens is 1. The lowest BCUT2D eigenvalue weighted by atomic mass is 9.89. The number of aryl methyl sites for hydroxylation is 1. The van der Waals surface area contributed by atoms with Gasteiger partial charge in [-0.15, -0.1) is 0 Å². The second-order valence-electron chi connectivity index (χ2n) is 8.71. The Morgan fingerprint density at radius 3 is 2.48 bits per heavy atom. The molecule has 1 saturated carbocycles. The molecule has 1 aliphatic rings. The summed E-state index contributed by atoms with van der Waals surface area (Å²) < 4.78 is 27.5. The molecule has 7 nitrogen and oxygen atoms in total. The first-order chi connectivity index (χ1) is 15.8. The number of nitrogens with two attached hydrogens (primary N) is 1. The maximum atomic E-state index is 13.1. The molecule has 174 valence electrons. The third-order valence-electron chi connectivity index (χ3n) is 6.41. The Kier molecular flexibility index (Phi) is 6.83. The Balaban J connectivity index is 1.63. The van der Waals surface area contributed by atoms with Crippen molar-refractivity contribution in [1.82, 2.24) is 9.88 Å². The Bertz CT molecular complexity index is 1260. The standard InChI is InChI=1S/C25H30N4O3S/c26-24(27)20-12-11-19-15-23(25(30)28-17-18-7-3-1-4-8-18)29(22(19)16-20)13-14-33(31,32)21-9-5-2-6-10-21/h2,5-6,9-12,15-16,18H,1,3-4,7-8,13-14,17H2,(H3,26,27)(H,28,30). The first-order valence-corrected chi connectivity index (χ1v) is 13.0. The van der Waals surface area contributed by atoms with Gasteiger partial charge in [-0.3, -0.25) is 10.2 Å². The summed E-state index contributed by atoms with van der Waals surface area (Å²) in [6, 6.07) is 15.4. The zero-order valence-electron chi connectivity index (χ0n) is 18.6. The van der Waals surface area contributed by atoms with E-state index in [4.69, 9.17) is 11.1 Å². The normalized spacial score (nSPS) is 14.9. The third kappa shape index (κ3) is 5.27. The van der Waals surface area contributed by atoms with Gasteiger partial charge in [0, 0.05) is 29.6 Å². The molecule has 2 aromatic carbocycles. The summed E-state index contributed by atoms with van der Waals surface area (Å²) >= 11 is 0. The van der Waals surface area contributed by atoms with Crippen LogP contribution in [0.5, 0.6) is 0 Å². The van der Waals surface area contributed by atoms with Gasteiger partial charge in [0.1, 0.15) is 11.5 Å². The highest BCUT2D eigenvalue weighted by Gasteiger charge is 2.21. The fourth-order valence-electron chi connectivity index (χ4n) is 4.53. The minimum atomic E-state index is -3.52. The zero-order chi connectivity index (χ0) is 23.4. The van der Waals surface area contributed by atoms with E-state index in [0.717, 1.165) is 18.2 Å². The van der Waals surface area contributed by atoms with Gasteiger partial charge in [0.25, 0.3) is 5.91 Å². The summed E-state index contributed by atoms with van der Waals surface area (Å²) in [5.74, 6) is 0.0555. The lowest BCUT2D eigenvalue weighted by Crippen LogP contribution is -2.32. The molecule has 0 radical (unpaired) electrons. The van der Waals surface area contributed by atoms with Crippen LogP contribution in [0, 0.1) is 11.3 Å². The van der Waals surface area contributed by atoms with E-state index < -0.39 is 9.84 Å². The van der Waals surface area contributed by atoms with E-state index >= 15 is 0 Å². The van der Waals surface area contributed by atoms with Crippen LogP contribution in [0.2, 0.25) is 0 Å². The fraction of sp³-hybridized carbons (Fsp3) is 0.360. The second kappa shape index (κ2) is 9.79. The number of nitrogens with zero attached hydrogens (tertiary/aromatic N) is 1. The lowest BCUT2D eigenvalue weighted by Gasteiger charge is -2.22. The van der Waals surface area contributed by atoms with Crippen molar-refractivity contribution in [3.63, 3.8) is 0 Å². The average Bonchev–Trinajstić information content (AvgIpc) is 3.20. The van der Waals surface area contributed by atoms with E-state index in [0.29, 0.717) is 29.2 Å². The number of carbonyl (C=O) groups is 1. The number of rotatable bonds is 8. The van der Waals surface area contributed by atoms with Crippen LogP contribution in [0.1, 0.15) is 48.2 Å². The first kappa shape index (κ1) is 23.0. The quantitative estimate of drug-likeness (QED) is 0.346. The highest BCUT2D eigenvalue weighted by molar-refractivity contribution is 7.91. The van der Waals surface area contributed by atoms with E-state index in [1.54, 1.807) is 53.1 Å². The molecule has 4 N–H and O–H groups in total. The molecule has 0 saturated heterocycles. The van der Waals surface area contributed by atoms with Crippen molar-refractivity contribution in [3.8, 4) is 0 Å². The zero-order valence-corrected chi connectivity index (χ0v) is 19.4. The number of carbonyl (C=O) groups excluding carboxylic acids is 1. The monoisotopic (exact) mass is 466 g/mol. The van der Waals surface area contributed by atoms with Gasteiger partial charge in [-0.2, -0.15) is 0 Å². The first-order valence-electron chi connectivity index (χ1n) is 11.4. The number of amidine groups is 1. The molecule has 3 aromatic rings. The molecule has 0 unspecified atom stereocenters. The van der Waals surface area contributed by atoms with Gasteiger partial charge in [0.05, 0.1) is 10.6 Å². The molecule has 0 spiro atoms. The lowest BCUT2D eigenvalue weighted by molar-refractivity contribution is 0.0935. The molecule has 0 bridgehead atoms. The van der Waals surface area contributed by atoms with Gasteiger partial charge in [-0.25, -0.2) is 8.42 Å². The predicted octanol–water partition coefficient (Wildman–Crippen LogP) is 3.71. The van der Waals surface area contributed by atoms with Crippen LogP contribution < -0.4 is 11.1 Å². The molecule has 1 heterocycles. The minimum absolute atomic E-state index is 0.0788. The average molecular weight is 467 g/mol. The van der Waals surface area contributed by atoms with Crippen molar-refractivity contribution in [3.05, 3.63) is 65.9 Å². The Morgan fingerprint density at radius 1 is 1.06 bits per heavy atom. The molecule has 8 heteroatoms. The highest BCUT2D eigenvalue weighted by atomic mass is 32.2. The molecular formula is C25H30N4O3S. The number of amides is 1. The predicted molar refractivity (Wildman–Crippen MR) is 130 cm³/mol. The van der Waals surface area contributed by atoms with E-state index in [1.165, 1.54) is 19.3 Å². The number of benzene rings is 2. The summed E-state index contributed by atoms with van der Waals surface area (Å²) in [4.78, 5) is 13.4. The number of fused-ring (bicyclic) bond motifs is 1. The van der Waals surface area contributed by atoms with Crippen molar-refractivity contribution in [2.75, 3.05) is 12.3 Å². The molecule has 1 fully saturated rings. The summed E-state index contributed by atoms with van der Waals surface area (Å²) in [7, 11) is -3.52. The van der Waals surface area contributed by atoms with Crippen LogP contribution in [-0.2, 0) is 16.4 Å². The summed E-state index contributed by atoms with van der Waals surface area (Å²) in [6.07, 6.45) is 5.91. The smallest absolute Gasteiger partial charge is 0.267 e. The molecule has 0 atom stereocenters. The molecular weight excluding hydrogens is 436 g/mol. The molecule has 1 aliphatic carbocycles. The van der Waals surface area contributed by atoms with E-state index in [9.17, 15) is 13.2 Å². The Labute approximate surface area is 194 Å². The van der Waals surface area contributed by atoms with Crippen LogP contribution in [0.3, 0.4) is 0 Å². The van der Waals surface area contributed by atoms with Gasteiger partial charge in [-0.1, -0.05) is 49.6 Å². The van der Waals surface area contributed by atoms with Crippen LogP contribution in [0.4, 0.5) is 0 Å². The molecule has 1 amide bonds. The van der Waals surface area contributed by atoms with Gasteiger partial charge in [0.15, 0.2) is 9.84 Å². The summed E-state index contributed by atoms with van der Waals surface area (Å²) in [5.41, 5.74) is 7.31. The Hall–Kier alpha value is -3.13. The molecule has 0 aliphatic heterocycles. The fourth-order valence-corrected chi connectivity index (χ4v) is 5.76. The number of nitrogen functional groups attached to an aromatic ring is 1. The number of sulfone groups is 1. The maximum Gasteiger partial charge on any atom is 0.267 e. The van der Waals surface area contributed by atoms with E-state index in [2.05, 4.69) is 5.32 Å². The summed E-state index contributed by atoms with van der Waals surface area (Å²) in [5, 5.41) is 11.6. The van der Waals surface area contributed by atoms with Crippen molar-refractivity contribution >= 4 is 32.5 Å². The van der Waals surface area contributed by atoms with Gasteiger partial charge in [0.2, 0.25) is 0 Å². The number of nitrogens with one attached hydrogen (secondary N) is 2. The summed E-state index contributed by atoms with van der Waals surface area (Å²) in [6.45, 7) is 0.746. The van der Waals surface area contributed by atoms with Crippen molar-refractivity contribution in [2.24, 2.45) is 11.7 Å². The molecule has 33 heavy (non-hydrogen) atoms. The SMILES string of the molecule is N=C(N)c1ccc2cc(C(=O)NCC3CCCCC3)n(CCS(=O)(=O)c3ccccc3)c2c1. The van der Waals surface area contributed by atoms with Crippen molar-refractivity contribution in [2.45, 2.75) is 43.5 Å². The molecule has 1 aromatic heterocycles. The number of hydrogen-bond donors (Lipinski definition) is 3. The van der Waals surface area contributed by atoms with E-state index in [1.807, 2.05) is 6.07 Å². The Morgan fingerprint density at radius 2 is 1.79 bits per heavy atom. The van der Waals surface area contributed by atoms with Crippen molar-refractivity contribution < 1.29 is 13.2 Å². The van der Waals surface area contributed by atoms with Crippen LogP contribution in [-0.4, -0.2) is 37.0 Å². The van der Waals surface area contributed by atoms with Gasteiger partial charge >= 0.3 is 0 Å². The van der Waals surface area contributed by atoms with Crippen LogP contribution in [0.15, 0.2) is 59.5 Å². The van der Waals surface area contributed by atoms with Crippen LogP contribution >= 0.6 is 0 Å². The van der Waals surface area contributed by atoms with E-state index in [-0.39, 0.29) is 28.9 Å². The topological polar surface area (TPSA) is 118 Å².